The first-order chi connectivity index (χ1) is 33.5. The van der Waals surface area contributed by atoms with E-state index in [1.807, 2.05) is 0 Å². The monoisotopic (exact) mass is 956 g/mol. The highest BCUT2D eigenvalue weighted by Gasteiger charge is 2.20. The summed E-state index contributed by atoms with van der Waals surface area (Å²) in [6.07, 6.45) is 71.4. The Bertz CT molecular complexity index is 1100. The minimum atomic E-state index is -0.683. The third-order valence-electron chi connectivity index (χ3n) is 13.9. The molecule has 0 aliphatic rings. The van der Waals surface area contributed by atoms with Crippen LogP contribution in [-0.4, -0.2) is 47.4 Å². The Morgan fingerprint density at radius 2 is 0.735 bits per heavy atom. The lowest BCUT2D eigenvalue weighted by molar-refractivity contribution is -0.143. The normalized spacial score (nSPS) is 12.8. The minimum absolute atomic E-state index is 0.0356. The van der Waals surface area contributed by atoms with Crippen LogP contribution in [0.2, 0.25) is 0 Å². The van der Waals surface area contributed by atoms with Crippen molar-refractivity contribution in [1.82, 2.24) is 5.32 Å². The Balaban J connectivity index is 3.50. The number of carbonyl (C=O) groups is 2. The number of aliphatic hydroxyl groups is 2. The maximum Gasteiger partial charge on any atom is 0.305 e. The van der Waals surface area contributed by atoms with E-state index in [1.165, 1.54) is 199 Å². The zero-order chi connectivity index (χ0) is 49.3. The van der Waals surface area contributed by atoms with Gasteiger partial charge in [0, 0.05) is 12.8 Å². The predicted molar refractivity (Wildman–Crippen MR) is 296 cm³/mol. The van der Waals surface area contributed by atoms with Gasteiger partial charge in [0.05, 0.1) is 25.4 Å². The second-order valence-electron chi connectivity index (χ2n) is 20.7. The number of nitrogens with one attached hydrogen (secondary N) is 1. The number of hydrogen-bond acceptors (Lipinski definition) is 5. The van der Waals surface area contributed by atoms with Gasteiger partial charge in [0.15, 0.2) is 0 Å². The number of ether oxygens (including phenoxy) is 1. The standard InChI is InChI=1S/C62H117NO5/c1-3-5-7-9-11-13-15-17-19-21-22-23-24-25-26-27-28-30-34-38-42-46-50-54-60(65)59(58-64)63-61(66)55-51-47-43-39-35-32-33-37-41-45-49-53-57-68-62(67)56-52-48-44-40-36-31-29-20-18-16-14-12-10-8-6-4-2/h14,16,20,29,33,37,59-60,64-65H,3-13,15,17-19,21-28,30-32,34-36,38-58H2,1-2H3,(H,63,66)/b16-14-,29-20-,37-33-. The Labute approximate surface area is 424 Å². The van der Waals surface area contributed by atoms with Crippen molar-refractivity contribution in [2.24, 2.45) is 0 Å². The predicted octanol–water partition coefficient (Wildman–Crippen LogP) is 18.8. The maximum absolute atomic E-state index is 12.5. The highest BCUT2D eigenvalue weighted by atomic mass is 16.5. The quantitative estimate of drug-likeness (QED) is 0.0321. The van der Waals surface area contributed by atoms with Crippen LogP contribution in [0, 0.1) is 0 Å². The van der Waals surface area contributed by atoms with Gasteiger partial charge in [-0.05, 0) is 89.9 Å². The molecule has 0 aromatic heterocycles. The largest absolute Gasteiger partial charge is 0.466 e. The van der Waals surface area contributed by atoms with E-state index in [2.05, 4.69) is 55.6 Å². The van der Waals surface area contributed by atoms with Crippen molar-refractivity contribution in [3.05, 3.63) is 36.5 Å². The summed E-state index contributed by atoms with van der Waals surface area (Å²) in [6.45, 7) is 4.89. The Hall–Kier alpha value is -1.92. The maximum atomic E-state index is 12.5. The fourth-order valence-corrected chi connectivity index (χ4v) is 9.25. The molecule has 68 heavy (non-hydrogen) atoms. The molecular formula is C62H117NO5. The zero-order valence-electron chi connectivity index (χ0n) is 45.6. The molecule has 0 aromatic carbocycles. The lowest BCUT2D eigenvalue weighted by Gasteiger charge is -2.22. The zero-order valence-corrected chi connectivity index (χ0v) is 45.6. The second kappa shape index (κ2) is 57.7. The second-order valence-corrected chi connectivity index (χ2v) is 20.7. The summed E-state index contributed by atoms with van der Waals surface area (Å²) >= 11 is 0. The highest BCUT2D eigenvalue weighted by molar-refractivity contribution is 5.76. The summed E-state index contributed by atoms with van der Waals surface area (Å²) in [7, 11) is 0. The summed E-state index contributed by atoms with van der Waals surface area (Å²) in [5.41, 5.74) is 0. The van der Waals surface area contributed by atoms with Crippen LogP contribution < -0.4 is 5.32 Å². The number of rotatable bonds is 56. The van der Waals surface area contributed by atoms with E-state index in [1.54, 1.807) is 0 Å². The van der Waals surface area contributed by atoms with E-state index >= 15 is 0 Å². The number of esters is 1. The fraction of sp³-hybridized carbons (Fsp3) is 0.871. The van der Waals surface area contributed by atoms with E-state index in [-0.39, 0.29) is 18.5 Å². The van der Waals surface area contributed by atoms with Gasteiger partial charge in [0.2, 0.25) is 5.91 Å². The van der Waals surface area contributed by atoms with Crippen LogP contribution in [0.15, 0.2) is 36.5 Å². The van der Waals surface area contributed by atoms with Gasteiger partial charge in [-0.1, -0.05) is 256 Å². The van der Waals surface area contributed by atoms with Gasteiger partial charge in [0.1, 0.15) is 0 Å². The Morgan fingerprint density at radius 3 is 1.15 bits per heavy atom. The third kappa shape index (κ3) is 53.4. The van der Waals surface area contributed by atoms with Crippen LogP contribution in [-0.2, 0) is 14.3 Å². The molecule has 0 aromatic rings. The van der Waals surface area contributed by atoms with Crippen molar-refractivity contribution in [3.8, 4) is 0 Å². The summed E-state index contributed by atoms with van der Waals surface area (Å²) in [5.74, 6) is -0.0947. The number of carbonyl (C=O) groups excluding carboxylic acids is 2. The Morgan fingerprint density at radius 1 is 0.412 bits per heavy atom. The molecule has 0 rings (SSSR count). The molecule has 1 amide bonds. The van der Waals surface area contributed by atoms with Crippen molar-refractivity contribution in [3.63, 3.8) is 0 Å². The first-order valence-electron chi connectivity index (χ1n) is 30.2. The average molecular weight is 957 g/mol. The van der Waals surface area contributed by atoms with Crippen molar-refractivity contribution >= 4 is 11.9 Å². The van der Waals surface area contributed by atoms with Crippen molar-refractivity contribution in [2.75, 3.05) is 13.2 Å². The molecule has 2 unspecified atom stereocenters. The van der Waals surface area contributed by atoms with Crippen LogP contribution in [0.1, 0.15) is 322 Å². The molecule has 2 atom stereocenters. The number of amides is 1. The fourth-order valence-electron chi connectivity index (χ4n) is 9.25. The van der Waals surface area contributed by atoms with Gasteiger partial charge in [0.25, 0.3) is 0 Å². The van der Waals surface area contributed by atoms with Gasteiger partial charge in [-0.25, -0.2) is 0 Å². The SMILES string of the molecule is CCCCCC/C=C\C/C=C\CCCCCCCC(=O)OCCCCC/C=C\CCCCCCCC(=O)NC(CO)C(O)CCCCCCCCCCCCCCCCCCCCCCCCC. The van der Waals surface area contributed by atoms with E-state index in [0.717, 1.165) is 89.9 Å². The van der Waals surface area contributed by atoms with E-state index in [9.17, 15) is 19.8 Å². The van der Waals surface area contributed by atoms with Gasteiger partial charge >= 0.3 is 5.97 Å². The molecule has 6 nitrogen and oxygen atoms in total. The number of aliphatic hydroxyl groups excluding tert-OH is 2. The van der Waals surface area contributed by atoms with Crippen molar-refractivity contribution < 1.29 is 24.5 Å². The van der Waals surface area contributed by atoms with Crippen LogP contribution >= 0.6 is 0 Å². The Kier molecular flexibility index (Phi) is 56.0. The lowest BCUT2D eigenvalue weighted by Crippen LogP contribution is -2.45. The van der Waals surface area contributed by atoms with Gasteiger partial charge in [-0.2, -0.15) is 0 Å². The summed E-state index contributed by atoms with van der Waals surface area (Å²) in [6, 6.07) is -0.563. The number of allylic oxidation sites excluding steroid dienone is 6. The van der Waals surface area contributed by atoms with Crippen LogP contribution in [0.5, 0.6) is 0 Å². The molecule has 0 heterocycles. The van der Waals surface area contributed by atoms with E-state index in [0.29, 0.717) is 25.9 Å². The number of unbranched alkanes of at least 4 members (excludes halogenated alkanes) is 39. The molecule has 6 heteroatoms. The molecule has 0 spiro atoms. The smallest absolute Gasteiger partial charge is 0.305 e. The molecule has 0 bridgehead atoms. The molecule has 0 fully saturated rings. The average Bonchev–Trinajstić information content (AvgIpc) is 3.34. The molecule has 0 saturated carbocycles. The highest BCUT2D eigenvalue weighted by Crippen LogP contribution is 2.17. The first-order valence-corrected chi connectivity index (χ1v) is 30.2. The van der Waals surface area contributed by atoms with Crippen LogP contribution in [0.4, 0.5) is 0 Å². The minimum Gasteiger partial charge on any atom is -0.466 e. The van der Waals surface area contributed by atoms with Gasteiger partial charge < -0.3 is 20.3 Å². The first kappa shape index (κ1) is 66.1. The lowest BCUT2D eigenvalue weighted by atomic mass is 10.0. The van der Waals surface area contributed by atoms with E-state index < -0.39 is 12.1 Å². The molecule has 0 aliphatic carbocycles. The van der Waals surface area contributed by atoms with Crippen LogP contribution in [0.3, 0.4) is 0 Å². The molecular weight excluding hydrogens is 839 g/mol. The van der Waals surface area contributed by atoms with Gasteiger partial charge in [-0.3, -0.25) is 9.59 Å². The molecule has 0 saturated heterocycles. The summed E-state index contributed by atoms with van der Waals surface area (Å²) in [4.78, 5) is 24.6. The summed E-state index contributed by atoms with van der Waals surface area (Å²) < 4.78 is 5.45. The molecule has 400 valence electrons. The third-order valence-corrected chi connectivity index (χ3v) is 13.9. The summed E-state index contributed by atoms with van der Waals surface area (Å²) in [5, 5.41) is 23.3. The van der Waals surface area contributed by atoms with Gasteiger partial charge in [-0.15, -0.1) is 0 Å². The van der Waals surface area contributed by atoms with Crippen molar-refractivity contribution in [1.29, 1.82) is 0 Å². The molecule has 0 radical (unpaired) electrons. The van der Waals surface area contributed by atoms with Crippen LogP contribution in [0.25, 0.3) is 0 Å². The number of hydrogen-bond donors (Lipinski definition) is 3. The topological polar surface area (TPSA) is 95.9 Å². The van der Waals surface area contributed by atoms with Crippen molar-refractivity contribution in [2.45, 2.75) is 334 Å². The van der Waals surface area contributed by atoms with E-state index in [4.69, 9.17) is 4.74 Å². The molecule has 3 N–H and O–H groups in total. The molecule has 0 aliphatic heterocycles.